The van der Waals surface area contributed by atoms with Crippen LogP contribution in [0.15, 0.2) is 42.5 Å². The van der Waals surface area contributed by atoms with Crippen molar-refractivity contribution in [1.29, 1.82) is 0 Å². The van der Waals surface area contributed by atoms with Gasteiger partial charge in [0.15, 0.2) is 0 Å². The molecule has 1 N–H and O–H groups in total. The molecule has 0 radical (unpaired) electrons. The second-order valence-corrected chi connectivity index (χ2v) is 4.95. The highest BCUT2D eigenvalue weighted by atomic mass is 35.5. The summed E-state index contributed by atoms with van der Waals surface area (Å²) >= 11 is 5.69. The van der Waals surface area contributed by atoms with Gasteiger partial charge in [-0.25, -0.2) is 4.39 Å². The molecule has 0 saturated heterocycles. The fraction of sp³-hybridized carbons (Fsp3) is 0.133. The highest BCUT2D eigenvalue weighted by Gasteiger charge is 2.20. The smallest absolute Gasteiger partial charge is 0.283 e. The van der Waals surface area contributed by atoms with Crippen molar-refractivity contribution < 1.29 is 14.1 Å². The Morgan fingerprint density at radius 3 is 2.68 bits per heavy atom. The summed E-state index contributed by atoms with van der Waals surface area (Å²) < 4.78 is 13.4. The maximum absolute atomic E-state index is 13.4. The number of halogens is 2. The molecule has 0 spiro atoms. The third-order valence-electron chi connectivity index (χ3n) is 3.04. The van der Waals surface area contributed by atoms with Gasteiger partial charge in [-0.05, 0) is 30.2 Å². The number of nitro groups is 1. The molecule has 0 aliphatic heterocycles. The predicted octanol–water partition coefficient (Wildman–Crippen LogP) is 3.36. The average molecular weight is 323 g/mol. The zero-order chi connectivity index (χ0) is 16.1. The van der Waals surface area contributed by atoms with E-state index in [1.807, 2.05) is 0 Å². The van der Waals surface area contributed by atoms with Crippen LogP contribution in [0.5, 0.6) is 0 Å². The molecule has 114 valence electrons. The van der Waals surface area contributed by atoms with Crippen molar-refractivity contribution >= 4 is 23.2 Å². The van der Waals surface area contributed by atoms with E-state index in [0.29, 0.717) is 12.0 Å². The number of rotatable bonds is 5. The summed E-state index contributed by atoms with van der Waals surface area (Å²) in [7, 11) is 0. The summed E-state index contributed by atoms with van der Waals surface area (Å²) in [5.74, 6) is -0.950. The fourth-order valence-electron chi connectivity index (χ4n) is 1.95. The van der Waals surface area contributed by atoms with Crippen LogP contribution < -0.4 is 5.32 Å². The van der Waals surface area contributed by atoms with Gasteiger partial charge in [-0.1, -0.05) is 29.8 Å². The molecular weight excluding hydrogens is 311 g/mol. The third kappa shape index (κ3) is 3.79. The van der Waals surface area contributed by atoms with Gasteiger partial charge < -0.3 is 5.32 Å². The van der Waals surface area contributed by atoms with E-state index >= 15 is 0 Å². The Morgan fingerprint density at radius 1 is 1.27 bits per heavy atom. The molecule has 5 nitrogen and oxygen atoms in total. The van der Waals surface area contributed by atoms with Gasteiger partial charge in [0.05, 0.1) is 4.92 Å². The summed E-state index contributed by atoms with van der Waals surface area (Å²) in [5.41, 5.74) is 0.0206. The van der Waals surface area contributed by atoms with Crippen LogP contribution in [0.1, 0.15) is 15.9 Å². The molecule has 7 heteroatoms. The number of carbonyl (C=O) groups excluding carboxylic acids is 1. The standard InChI is InChI=1S/C15H12ClFN2O3/c16-11-5-6-12(14(9-11)19(21)22)15(20)18-8-7-10-3-1-2-4-13(10)17/h1-6,9H,7-8H2,(H,18,20). The normalized spacial score (nSPS) is 10.3. The van der Waals surface area contributed by atoms with Crippen LogP contribution >= 0.6 is 11.6 Å². The van der Waals surface area contributed by atoms with E-state index in [1.165, 1.54) is 18.2 Å². The molecule has 2 rings (SSSR count). The van der Waals surface area contributed by atoms with Crippen molar-refractivity contribution in [2.45, 2.75) is 6.42 Å². The lowest BCUT2D eigenvalue weighted by Crippen LogP contribution is -2.26. The molecule has 0 bridgehead atoms. The molecule has 2 aromatic rings. The number of hydrogen-bond donors (Lipinski definition) is 1. The first kappa shape index (κ1) is 15.9. The van der Waals surface area contributed by atoms with Crippen molar-refractivity contribution in [2.24, 2.45) is 0 Å². The summed E-state index contributed by atoms with van der Waals surface area (Å²) in [6.45, 7) is 0.166. The van der Waals surface area contributed by atoms with Gasteiger partial charge in [-0.2, -0.15) is 0 Å². The van der Waals surface area contributed by atoms with Crippen molar-refractivity contribution in [3.8, 4) is 0 Å². The van der Waals surface area contributed by atoms with Crippen molar-refractivity contribution in [1.82, 2.24) is 5.32 Å². The van der Waals surface area contributed by atoms with E-state index in [1.54, 1.807) is 18.2 Å². The lowest BCUT2D eigenvalue weighted by atomic mass is 10.1. The third-order valence-corrected chi connectivity index (χ3v) is 3.27. The number of nitrogens with one attached hydrogen (secondary N) is 1. The summed E-state index contributed by atoms with van der Waals surface area (Å²) in [6, 6.07) is 10.0. The van der Waals surface area contributed by atoms with Crippen LogP contribution in [-0.4, -0.2) is 17.4 Å². The maximum atomic E-state index is 13.4. The number of nitro benzene ring substituents is 1. The quantitative estimate of drug-likeness (QED) is 0.677. The Labute approximate surface area is 130 Å². The van der Waals surface area contributed by atoms with E-state index in [4.69, 9.17) is 11.6 Å². The molecule has 0 saturated carbocycles. The Morgan fingerprint density at radius 2 is 2.00 bits per heavy atom. The monoisotopic (exact) mass is 322 g/mol. The minimum atomic E-state index is -0.669. The van der Waals surface area contributed by atoms with Gasteiger partial charge in [-0.15, -0.1) is 0 Å². The molecule has 22 heavy (non-hydrogen) atoms. The zero-order valence-corrected chi connectivity index (χ0v) is 12.1. The Kier molecular flexibility index (Phi) is 5.06. The SMILES string of the molecule is O=C(NCCc1ccccc1F)c1ccc(Cl)cc1[N+](=O)[O-]. The number of benzene rings is 2. The van der Waals surface area contributed by atoms with Gasteiger partial charge in [-0.3, -0.25) is 14.9 Å². The van der Waals surface area contributed by atoms with Gasteiger partial charge in [0.25, 0.3) is 11.6 Å². The molecule has 0 atom stereocenters. The van der Waals surface area contributed by atoms with E-state index in [-0.39, 0.29) is 28.6 Å². The number of nitrogens with zero attached hydrogens (tertiary/aromatic N) is 1. The Hall–Kier alpha value is -2.47. The maximum Gasteiger partial charge on any atom is 0.283 e. The number of amides is 1. The van der Waals surface area contributed by atoms with Gasteiger partial charge in [0.2, 0.25) is 0 Å². The molecule has 0 aromatic heterocycles. The summed E-state index contributed by atoms with van der Waals surface area (Å²) in [4.78, 5) is 22.3. The van der Waals surface area contributed by atoms with Crippen molar-refractivity contribution in [3.63, 3.8) is 0 Å². The van der Waals surface area contributed by atoms with Crippen LogP contribution in [0.25, 0.3) is 0 Å². The Balaban J connectivity index is 2.04. The van der Waals surface area contributed by atoms with Gasteiger partial charge >= 0.3 is 0 Å². The molecule has 0 unspecified atom stereocenters. The fourth-order valence-corrected chi connectivity index (χ4v) is 2.12. The summed E-state index contributed by atoms with van der Waals surface area (Å²) in [5, 5.41) is 13.6. The largest absolute Gasteiger partial charge is 0.351 e. The minimum absolute atomic E-state index is 0.0806. The molecule has 0 heterocycles. The highest BCUT2D eigenvalue weighted by molar-refractivity contribution is 6.31. The first-order valence-corrected chi connectivity index (χ1v) is 6.82. The molecule has 0 fully saturated rings. The first-order valence-electron chi connectivity index (χ1n) is 6.44. The second kappa shape index (κ2) is 7.00. The summed E-state index contributed by atoms with van der Waals surface area (Å²) in [6.07, 6.45) is 0.291. The number of carbonyl (C=O) groups is 1. The van der Waals surface area contributed by atoms with Crippen LogP contribution in [0.3, 0.4) is 0 Å². The number of hydrogen-bond acceptors (Lipinski definition) is 3. The van der Waals surface area contributed by atoms with Gasteiger partial charge in [0, 0.05) is 17.6 Å². The molecular formula is C15H12ClFN2O3. The molecule has 0 aliphatic carbocycles. The van der Waals surface area contributed by atoms with E-state index in [2.05, 4.69) is 5.32 Å². The lowest BCUT2D eigenvalue weighted by molar-refractivity contribution is -0.385. The van der Waals surface area contributed by atoms with Crippen LogP contribution in [0.4, 0.5) is 10.1 Å². The second-order valence-electron chi connectivity index (χ2n) is 4.52. The molecule has 0 aliphatic rings. The Bertz CT molecular complexity index is 722. The topological polar surface area (TPSA) is 72.2 Å². The van der Waals surface area contributed by atoms with E-state index < -0.39 is 10.8 Å². The first-order chi connectivity index (χ1) is 10.5. The zero-order valence-electron chi connectivity index (χ0n) is 11.4. The average Bonchev–Trinajstić information content (AvgIpc) is 2.49. The van der Waals surface area contributed by atoms with Gasteiger partial charge in [0.1, 0.15) is 11.4 Å². The molecule has 2 aromatic carbocycles. The van der Waals surface area contributed by atoms with E-state index in [0.717, 1.165) is 6.07 Å². The van der Waals surface area contributed by atoms with Crippen LogP contribution in [0.2, 0.25) is 5.02 Å². The van der Waals surface area contributed by atoms with Crippen molar-refractivity contribution in [2.75, 3.05) is 6.54 Å². The minimum Gasteiger partial charge on any atom is -0.351 e. The van der Waals surface area contributed by atoms with E-state index in [9.17, 15) is 19.3 Å². The van der Waals surface area contributed by atoms with Crippen LogP contribution in [0, 0.1) is 15.9 Å². The lowest BCUT2D eigenvalue weighted by Gasteiger charge is -2.07. The predicted molar refractivity (Wildman–Crippen MR) is 80.5 cm³/mol. The molecule has 1 amide bonds. The van der Waals surface area contributed by atoms with Crippen LogP contribution in [-0.2, 0) is 6.42 Å². The highest BCUT2D eigenvalue weighted by Crippen LogP contribution is 2.23. The van der Waals surface area contributed by atoms with Crippen molar-refractivity contribution in [3.05, 3.63) is 74.5 Å².